The van der Waals surface area contributed by atoms with E-state index >= 15 is 0 Å². The lowest BCUT2D eigenvalue weighted by molar-refractivity contribution is 0.0964. The van der Waals surface area contributed by atoms with Gasteiger partial charge in [0.2, 0.25) is 0 Å². The Bertz CT molecular complexity index is 354. The Hall–Kier alpha value is -1.10. The summed E-state index contributed by atoms with van der Waals surface area (Å²) in [5.74, 6) is -0.816. The molecule has 0 spiro atoms. The van der Waals surface area contributed by atoms with E-state index < -0.39 is 5.82 Å². The van der Waals surface area contributed by atoms with Crippen LogP contribution in [0.1, 0.15) is 10.4 Å². The van der Waals surface area contributed by atoms with Gasteiger partial charge in [0.1, 0.15) is 5.82 Å². The first-order valence-corrected chi connectivity index (χ1v) is 4.32. The van der Waals surface area contributed by atoms with Crippen molar-refractivity contribution in [2.45, 2.75) is 0 Å². The molecule has 0 unspecified atom stereocenters. The number of benzene rings is 1. The molecule has 70 valence electrons. The lowest BCUT2D eigenvalue weighted by Crippen LogP contribution is -2.19. The Labute approximate surface area is 83.2 Å². The average molecular weight is 247 g/mol. The predicted molar refractivity (Wildman–Crippen MR) is 51.9 cm³/mol. The summed E-state index contributed by atoms with van der Waals surface area (Å²) in [4.78, 5) is 11.2. The molecule has 0 aliphatic rings. The summed E-state index contributed by atoms with van der Waals surface area (Å²) in [5.41, 5.74) is 5.88. The summed E-state index contributed by atoms with van der Waals surface area (Å²) in [6.45, 7) is 0. The number of hydrogen-bond acceptors (Lipinski definition) is 2. The van der Waals surface area contributed by atoms with E-state index in [9.17, 15) is 9.18 Å². The number of nitrogen functional groups attached to an aromatic ring is 1. The molecule has 0 aromatic heterocycles. The lowest BCUT2D eigenvalue weighted by atomic mass is 10.1. The molecular formula is C8H8BrFN2O. The molecule has 1 aromatic carbocycles. The van der Waals surface area contributed by atoms with E-state index in [4.69, 9.17) is 5.73 Å². The topological polar surface area (TPSA) is 55.1 Å². The van der Waals surface area contributed by atoms with E-state index in [2.05, 4.69) is 21.2 Å². The van der Waals surface area contributed by atoms with E-state index in [0.717, 1.165) is 0 Å². The SMILES string of the molecule is CNC(=O)c1ccc(F)c(Br)c1N. The highest BCUT2D eigenvalue weighted by atomic mass is 79.9. The third kappa shape index (κ3) is 1.80. The molecule has 0 bridgehead atoms. The molecule has 1 rings (SSSR count). The van der Waals surface area contributed by atoms with Crippen LogP contribution in [0.15, 0.2) is 16.6 Å². The molecule has 13 heavy (non-hydrogen) atoms. The summed E-state index contributed by atoms with van der Waals surface area (Å²) in [6, 6.07) is 2.53. The molecule has 0 aliphatic carbocycles. The van der Waals surface area contributed by atoms with E-state index in [1.807, 2.05) is 0 Å². The first kappa shape index (κ1) is 9.98. The molecule has 0 saturated carbocycles. The zero-order valence-electron chi connectivity index (χ0n) is 6.90. The van der Waals surface area contributed by atoms with Crippen molar-refractivity contribution in [3.63, 3.8) is 0 Å². The van der Waals surface area contributed by atoms with Crippen molar-refractivity contribution in [3.05, 3.63) is 28.0 Å². The zero-order chi connectivity index (χ0) is 10.0. The molecule has 0 fully saturated rings. The number of nitrogens with two attached hydrogens (primary N) is 1. The van der Waals surface area contributed by atoms with Gasteiger partial charge in [-0.25, -0.2) is 4.39 Å². The minimum atomic E-state index is -0.481. The van der Waals surface area contributed by atoms with Crippen molar-refractivity contribution in [1.29, 1.82) is 0 Å². The Morgan fingerprint density at radius 2 is 2.23 bits per heavy atom. The summed E-state index contributed by atoms with van der Waals surface area (Å²) in [6.07, 6.45) is 0. The highest BCUT2D eigenvalue weighted by Crippen LogP contribution is 2.26. The molecule has 5 heteroatoms. The molecule has 1 amide bonds. The third-order valence-corrected chi connectivity index (χ3v) is 2.41. The highest BCUT2D eigenvalue weighted by molar-refractivity contribution is 9.10. The fourth-order valence-electron chi connectivity index (χ4n) is 0.899. The summed E-state index contributed by atoms with van der Waals surface area (Å²) in [5, 5.41) is 2.41. The van der Waals surface area contributed by atoms with Gasteiger partial charge in [-0.2, -0.15) is 0 Å². The summed E-state index contributed by atoms with van der Waals surface area (Å²) in [7, 11) is 1.49. The number of halogens is 2. The van der Waals surface area contributed by atoms with Crippen molar-refractivity contribution in [1.82, 2.24) is 5.32 Å². The van der Waals surface area contributed by atoms with Crippen LogP contribution in [0.25, 0.3) is 0 Å². The van der Waals surface area contributed by atoms with Crippen LogP contribution in [0.3, 0.4) is 0 Å². The van der Waals surface area contributed by atoms with Gasteiger partial charge >= 0.3 is 0 Å². The second kappa shape index (κ2) is 3.74. The van der Waals surface area contributed by atoms with E-state index in [-0.39, 0.29) is 21.6 Å². The van der Waals surface area contributed by atoms with E-state index in [1.165, 1.54) is 19.2 Å². The quantitative estimate of drug-likeness (QED) is 0.739. The maximum Gasteiger partial charge on any atom is 0.253 e. The number of carbonyl (C=O) groups is 1. The van der Waals surface area contributed by atoms with Gasteiger partial charge in [0, 0.05) is 7.05 Å². The monoisotopic (exact) mass is 246 g/mol. The zero-order valence-corrected chi connectivity index (χ0v) is 8.48. The summed E-state index contributed by atoms with van der Waals surface area (Å²) >= 11 is 2.95. The summed E-state index contributed by atoms with van der Waals surface area (Å²) < 4.78 is 13.0. The van der Waals surface area contributed by atoms with Gasteiger partial charge in [0.05, 0.1) is 15.7 Å². The minimum absolute atomic E-state index is 0.111. The Balaban J connectivity index is 3.26. The molecule has 0 radical (unpaired) electrons. The average Bonchev–Trinajstić information content (AvgIpc) is 2.13. The van der Waals surface area contributed by atoms with Crippen molar-refractivity contribution >= 4 is 27.5 Å². The van der Waals surface area contributed by atoms with Gasteiger partial charge in [-0.3, -0.25) is 4.79 Å². The number of rotatable bonds is 1. The number of nitrogens with one attached hydrogen (secondary N) is 1. The van der Waals surface area contributed by atoms with Crippen molar-refractivity contribution in [2.75, 3.05) is 12.8 Å². The van der Waals surface area contributed by atoms with Crippen molar-refractivity contribution in [3.8, 4) is 0 Å². The van der Waals surface area contributed by atoms with Crippen LogP contribution in [0.5, 0.6) is 0 Å². The Kier molecular flexibility index (Phi) is 2.87. The molecular weight excluding hydrogens is 239 g/mol. The first-order valence-electron chi connectivity index (χ1n) is 3.53. The van der Waals surface area contributed by atoms with Crippen molar-refractivity contribution < 1.29 is 9.18 Å². The maximum atomic E-state index is 12.9. The molecule has 0 heterocycles. The number of amides is 1. The van der Waals surface area contributed by atoms with Crippen LogP contribution >= 0.6 is 15.9 Å². The molecule has 0 aliphatic heterocycles. The van der Waals surface area contributed by atoms with Gasteiger partial charge in [-0.05, 0) is 28.1 Å². The smallest absolute Gasteiger partial charge is 0.253 e. The molecule has 3 N–H and O–H groups in total. The Morgan fingerprint density at radius 1 is 1.62 bits per heavy atom. The minimum Gasteiger partial charge on any atom is -0.397 e. The number of hydrogen-bond donors (Lipinski definition) is 2. The van der Waals surface area contributed by atoms with Crippen LogP contribution in [-0.4, -0.2) is 13.0 Å². The van der Waals surface area contributed by atoms with Crippen molar-refractivity contribution in [2.24, 2.45) is 0 Å². The lowest BCUT2D eigenvalue weighted by Gasteiger charge is -2.06. The van der Waals surface area contributed by atoms with Crippen LogP contribution < -0.4 is 11.1 Å². The van der Waals surface area contributed by atoms with Crippen LogP contribution in [0, 0.1) is 5.82 Å². The predicted octanol–water partition coefficient (Wildman–Crippen LogP) is 1.53. The molecule has 3 nitrogen and oxygen atoms in total. The Morgan fingerprint density at radius 3 is 2.77 bits per heavy atom. The van der Waals surface area contributed by atoms with Crippen LogP contribution in [-0.2, 0) is 0 Å². The van der Waals surface area contributed by atoms with Gasteiger partial charge in [0.25, 0.3) is 5.91 Å². The fraction of sp³-hybridized carbons (Fsp3) is 0.125. The highest BCUT2D eigenvalue weighted by Gasteiger charge is 2.12. The molecule has 0 saturated heterocycles. The first-order chi connectivity index (χ1) is 6.07. The second-order valence-corrected chi connectivity index (χ2v) is 3.19. The second-order valence-electron chi connectivity index (χ2n) is 2.40. The van der Waals surface area contributed by atoms with Gasteiger partial charge in [0.15, 0.2) is 0 Å². The largest absolute Gasteiger partial charge is 0.397 e. The fourth-order valence-corrected chi connectivity index (χ4v) is 1.24. The third-order valence-electron chi connectivity index (χ3n) is 1.60. The van der Waals surface area contributed by atoms with Gasteiger partial charge < -0.3 is 11.1 Å². The van der Waals surface area contributed by atoms with Gasteiger partial charge in [-0.1, -0.05) is 0 Å². The van der Waals surface area contributed by atoms with Gasteiger partial charge in [-0.15, -0.1) is 0 Å². The van der Waals surface area contributed by atoms with E-state index in [1.54, 1.807) is 0 Å². The normalized spacial score (nSPS) is 9.77. The maximum absolute atomic E-state index is 12.9. The number of anilines is 1. The molecule has 1 aromatic rings. The van der Waals surface area contributed by atoms with Crippen LogP contribution in [0.4, 0.5) is 10.1 Å². The van der Waals surface area contributed by atoms with Crippen LogP contribution in [0.2, 0.25) is 0 Å². The molecule has 0 atom stereocenters. The standard InChI is InChI=1S/C8H8BrFN2O/c1-12-8(13)4-2-3-5(10)6(9)7(4)11/h2-3H,11H2,1H3,(H,12,13). The van der Waals surface area contributed by atoms with E-state index in [0.29, 0.717) is 0 Å². The number of carbonyl (C=O) groups excluding carboxylic acids is 1.